The van der Waals surface area contributed by atoms with Crippen molar-refractivity contribution < 1.29 is 14.3 Å². The van der Waals surface area contributed by atoms with Gasteiger partial charge in [0.25, 0.3) is 0 Å². The van der Waals surface area contributed by atoms with E-state index in [0.717, 1.165) is 32.1 Å². The Morgan fingerprint density at radius 2 is 1.83 bits per heavy atom. The molecular weight excluding hydrogens is 291 g/mol. The third kappa shape index (κ3) is 3.24. The molecular formula is C20H23FO2. The number of hydrogen-bond acceptors (Lipinski definition) is 2. The maximum absolute atomic E-state index is 13.9. The second-order valence-electron chi connectivity index (χ2n) is 6.55. The molecule has 1 fully saturated rings. The van der Waals surface area contributed by atoms with Crippen LogP contribution in [-0.2, 0) is 17.6 Å². The maximum atomic E-state index is 13.9. The van der Waals surface area contributed by atoms with Crippen molar-refractivity contribution in [2.75, 3.05) is 0 Å². The van der Waals surface area contributed by atoms with Crippen molar-refractivity contribution in [1.29, 1.82) is 0 Å². The van der Waals surface area contributed by atoms with Crippen LogP contribution in [0, 0.1) is 0 Å². The Labute approximate surface area is 136 Å². The molecule has 122 valence electrons. The minimum Gasteiger partial charge on any atom is -0.508 e. The Hall–Kier alpha value is -1.90. The number of alkyl halides is 1. The number of aryl methyl sites for hydroxylation is 1. The molecule has 0 radical (unpaired) electrons. The van der Waals surface area contributed by atoms with Gasteiger partial charge in [-0.25, -0.2) is 4.39 Å². The molecule has 1 saturated carbocycles. The van der Waals surface area contributed by atoms with Crippen molar-refractivity contribution in [3.8, 4) is 5.75 Å². The second kappa shape index (κ2) is 6.69. The standard InChI is InChI=1S/C10H11FO.C10H12O/c11-10-7-2-1-4-8(10)5-3-6-9(10)12;11-10-7-3-5-8-4-1-2-6-9(8)10/h3,5-6H,1-2,4,7H2;3,5,7,11H,1-2,4,6H2/t10-;/m1./s1. The number of carbonyl (C=O) groups is 1. The highest BCUT2D eigenvalue weighted by Crippen LogP contribution is 2.39. The van der Waals surface area contributed by atoms with Gasteiger partial charge >= 0.3 is 0 Å². The van der Waals surface area contributed by atoms with Crippen molar-refractivity contribution >= 4 is 5.78 Å². The number of carbonyl (C=O) groups excluding carboxylic acids is 1. The normalized spacial score (nSPS) is 25.6. The SMILES string of the molecule is O=C1C=CC=C2CCCC[C@]12F.Oc1cccc2c1CCCC2. The van der Waals surface area contributed by atoms with Gasteiger partial charge in [0, 0.05) is 0 Å². The molecule has 0 amide bonds. The Bertz CT molecular complexity index is 660. The number of allylic oxidation sites excluding steroid dienone is 4. The fourth-order valence-electron chi connectivity index (χ4n) is 3.68. The molecule has 23 heavy (non-hydrogen) atoms. The van der Waals surface area contributed by atoms with E-state index in [1.54, 1.807) is 18.2 Å². The monoisotopic (exact) mass is 314 g/mol. The Kier molecular flexibility index (Phi) is 4.65. The minimum atomic E-state index is -1.63. The summed E-state index contributed by atoms with van der Waals surface area (Å²) in [4.78, 5) is 11.2. The van der Waals surface area contributed by atoms with E-state index < -0.39 is 5.67 Å². The van der Waals surface area contributed by atoms with Crippen molar-refractivity contribution in [3.05, 3.63) is 53.1 Å². The van der Waals surface area contributed by atoms with Crippen molar-refractivity contribution in [1.82, 2.24) is 0 Å². The molecule has 0 unspecified atom stereocenters. The molecule has 1 aromatic carbocycles. The van der Waals surface area contributed by atoms with E-state index in [0.29, 0.717) is 17.7 Å². The molecule has 0 bridgehead atoms. The highest BCUT2D eigenvalue weighted by atomic mass is 19.1. The van der Waals surface area contributed by atoms with Crippen LogP contribution < -0.4 is 0 Å². The first-order chi connectivity index (χ1) is 11.1. The Balaban J connectivity index is 0.000000136. The van der Waals surface area contributed by atoms with Crippen LogP contribution in [-0.4, -0.2) is 16.6 Å². The molecule has 3 heteroatoms. The quantitative estimate of drug-likeness (QED) is 0.759. The summed E-state index contributed by atoms with van der Waals surface area (Å²) in [5.41, 5.74) is 1.57. The van der Waals surface area contributed by atoms with Crippen LogP contribution in [0.1, 0.15) is 49.7 Å². The van der Waals surface area contributed by atoms with Crippen LogP contribution in [0.4, 0.5) is 4.39 Å². The maximum Gasteiger partial charge on any atom is 0.197 e. The number of benzene rings is 1. The lowest BCUT2D eigenvalue weighted by Gasteiger charge is -2.31. The van der Waals surface area contributed by atoms with E-state index in [-0.39, 0.29) is 5.78 Å². The summed E-state index contributed by atoms with van der Waals surface area (Å²) in [7, 11) is 0. The van der Waals surface area contributed by atoms with Gasteiger partial charge in [-0.15, -0.1) is 0 Å². The highest BCUT2D eigenvalue weighted by Gasteiger charge is 2.42. The number of fused-ring (bicyclic) bond motifs is 2. The Morgan fingerprint density at radius 1 is 1.04 bits per heavy atom. The number of rotatable bonds is 0. The summed E-state index contributed by atoms with van der Waals surface area (Å²) < 4.78 is 13.9. The third-order valence-corrected chi connectivity index (χ3v) is 5.03. The summed E-state index contributed by atoms with van der Waals surface area (Å²) in [6.45, 7) is 0. The fraction of sp³-hybridized carbons (Fsp3) is 0.450. The zero-order valence-electron chi connectivity index (χ0n) is 13.4. The molecule has 0 spiro atoms. The van der Waals surface area contributed by atoms with Gasteiger partial charge in [0.2, 0.25) is 0 Å². The first-order valence-corrected chi connectivity index (χ1v) is 8.52. The fourth-order valence-corrected chi connectivity index (χ4v) is 3.68. The molecule has 0 heterocycles. The van der Waals surface area contributed by atoms with Gasteiger partial charge in [-0.05, 0) is 80.2 Å². The molecule has 2 nitrogen and oxygen atoms in total. The first-order valence-electron chi connectivity index (χ1n) is 8.52. The molecule has 3 aliphatic carbocycles. The molecule has 0 aliphatic heterocycles. The zero-order valence-corrected chi connectivity index (χ0v) is 13.4. The van der Waals surface area contributed by atoms with Gasteiger partial charge in [-0.1, -0.05) is 24.3 Å². The van der Waals surface area contributed by atoms with Gasteiger partial charge in [-0.3, -0.25) is 4.79 Å². The van der Waals surface area contributed by atoms with E-state index in [2.05, 4.69) is 6.07 Å². The lowest BCUT2D eigenvalue weighted by molar-refractivity contribution is -0.124. The van der Waals surface area contributed by atoms with Gasteiger partial charge in [0.15, 0.2) is 11.5 Å². The topological polar surface area (TPSA) is 37.3 Å². The summed E-state index contributed by atoms with van der Waals surface area (Å²) >= 11 is 0. The third-order valence-electron chi connectivity index (χ3n) is 5.03. The number of phenolic OH excluding ortho intramolecular Hbond substituents is 1. The predicted octanol–water partition coefficient (Wildman–Crippen LogP) is 4.61. The zero-order chi connectivity index (χ0) is 16.3. The van der Waals surface area contributed by atoms with Crippen LogP contribution in [0.5, 0.6) is 5.75 Å². The molecule has 0 aromatic heterocycles. The van der Waals surface area contributed by atoms with Crippen molar-refractivity contribution in [2.45, 2.75) is 57.0 Å². The predicted molar refractivity (Wildman–Crippen MR) is 89.3 cm³/mol. The summed E-state index contributed by atoms with van der Waals surface area (Å²) in [6, 6.07) is 5.83. The summed E-state index contributed by atoms with van der Waals surface area (Å²) in [5.74, 6) is 0.127. The average molecular weight is 314 g/mol. The Morgan fingerprint density at radius 3 is 2.61 bits per heavy atom. The summed E-state index contributed by atoms with van der Waals surface area (Å²) in [5, 5.41) is 9.46. The summed E-state index contributed by atoms with van der Waals surface area (Å²) in [6.07, 6.45) is 12.4. The number of phenols is 1. The number of aromatic hydroxyl groups is 1. The van der Waals surface area contributed by atoms with Gasteiger partial charge in [-0.2, -0.15) is 0 Å². The number of halogens is 1. The lowest BCUT2D eigenvalue weighted by Crippen LogP contribution is -2.38. The molecule has 1 aromatic rings. The van der Waals surface area contributed by atoms with Crippen molar-refractivity contribution in [2.24, 2.45) is 0 Å². The van der Waals surface area contributed by atoms with Gasteiger partial charge < -0.3 is 5.11 Å². The second-order valence-corrected chi connectivity index (χ2v) is 6.55. The molecule has 1 N–H and O–H groups in total. The van der Waals surface area contributed by atoms with Crippen LogP contribution in [0.15, 0.2) is 42.0 Å². The van der Waals surface area contributed by atoms with Crippen LogP contribution in [0.3, 0.4) is 0 Å². The van der Waals surface area contributed by atoms with E-state index in [9.17, 15) is 14.3 Å². The van der Waals surface area contributed by atoms with E-state index in [1.165, 1.54) is 30.0 Å². The van der Waals surface area contributed by atoms with Crippen LogP contribution in [0.25, 0.3) is 0 Å². The number of hydrogen-bond donors (Lipinski definition) is 1. The van der Waals surface area contributed by atoms with Crippen molar-refractivity contribution in [3.63, 3.8) is 0 Å². The molecule has 3 aliphatic rings. The lowest BCUT2D eigenvalue weighted by atomic mass is 9.76. The van der Waals surface area contributed by atoms with Crippen LogP contribution >= 0.6 is 0 Å². The van der Waals surface area contributed by atoms with E-state index in [1.807, 2.05) is 6.07 Å². The van der Waals surface area contributed by atoms with Gasteiger partial charge in [0.05, 0.1) is 0 Å². The first kappa shape index (κ1) is 16.0. The van der Waals surface area contributed by atoms with Gasteiger partial charge in [0.1, 0.15) is 5.75 Å². The largest absolute Gasteiger partial charge is 0.508 e. The minimum absolute atomic E-state index is 0.361. The molecule has 0 saturated heterocycles. The van der Waals surface area contributed by atoms with Crippen LogP contribution in [0.2, 0.25) is 0 Å². The average Bonchev–Trinajstić information content (AvgIpc) is 2.57. The van der Waals surface area contributed by atoms with E-state index >= 15 is 0 Å². The molecule has 1 atom stereocenters. The molecule has 4 rings (SSSR count). The van der Waals surface area contributed by atoms with E-state index in [4.69, 9.17) is 0 Å². The number of ketones is 1. The smallest absolute Gasteiger partial charge is 0.197 e. The highest BCUT2D eigenvalue weighted by molar-refractivity contribution is 6.01.